The minimum absolute atomic E-state index is 0.0893. The first-order valence-electron chi connectivity index (χ1n) is 8.69. The fourth-order valence-corrected chi connectivity index (χ4v) is 2.89. The summed E-state index contributed by atoms with van der Waals surface area (Å²) in [6.07, 6.45) is 0.675. The summed E-state index contributed by atoms with van der Waals surface area (Å²) in [5, 5.41) is 0.233. The fourth-order valence-electron chi connectivity index (χ4n) is 2.55. The van der Waals surface area contributed by atoms with Crippen LogP contribution in [-0.4, -0.2) is 23.4 Å². The first kappa shape index (κ1) is 20.6. The standard InChI is InChI=1S/C21H17Cl2N3O3/c22-16-10-11-18(23)24-20(16)21(28)26-25-19(27)13-29-17-9-5-4-8-15(17)12-14-6-2-1-3-7-14/h1-11H,12-13H2,(H,25,27)(H,26,28). The van der Waals surface area contributed by atoms with Crippen LogP contribution in [0.25, 0.3) is 0 Å². The van der Waals surface area contributed by atoms with E-state index in [-0.39, 0.29) is 22.5 Å². The van der Waals surface area contributed by atoms with Gasteiger partial charge in [0.2, 0.25) is 0 Å². The monoisotopic (exact) mass is 429 g/mol. The number of benzene rings is 2. The smallest absolute Gasteiger partial charge is 0.289 e. The van der Waals surface area contributed by atoms with Gasteiger partial charge in [0.1, 0.15) is 16.6 Å². The number of para-hydroxylation sites is 1. The van der Waals surface area contributed by atoms with E-state index >= 15 is 0 Å². The number of hydrogen-bond acceptors (Lipinski definition) is 4. The van der Waals surface area contributed by atoms with Crippen molar-refractivity contribution in [2.75, 3.05) is 6.61 Å². The average molecular weight is 430 g/mol. The van der Waals surface area contributed by atoms with Crippen molar-refractivity contribution < 1.29 is 14.3 Å². The normalized spacial score (nSPS) is 10.3. The molecule has 1 heterocycles. The van der Waals surface area contributed by atoms with Crippen molar-refractivity contribution in [1.29, 1.82) is 0 Å². The number of ether oxygens (including phenoxy) is 1. The summed E-state index contributed by atoms with van der Waals surface area (Å²) in [5.41, 5.74) is 6.49. The highest BCUT2D eigenvalue weighted by Crippen LogP contribution is 2.21. The molecule has 0 spiro atoms. The topological polar surface area (TPSA) is 80.3 Å². The van der Waals surface area contributed by atoms with E-state index in [0.29, 0.717) is 12.2 Å². The number of nitrogens with zero attached hydrogens (tertiary/aromatic N) is 1. The highest BCUT2D eigenvalue weighted by molar-refractivity contribution is 6.34. The van der Waals surface area contributed by atoms with Crippen LogP contribution in [0.3, 0.4) is 0 Å². The van der Waals surface area contributed by atoms with Crippen LogP contribution < -0.4 is 15.6 Å². The van der Waals surface area contributed by atoms with E-state index in [1.54, 1.807) is 6.07 Å². The molecule has 8 heteroatoms. The van der Waals surface area contributed by atoms with Gasteiger partial charge in [-0.1, -0.05) is 71.7 Å². The molecule has 3 aromatic rings. The van der Waals surface area contributed by atoms with Crippen molar-refractivity contribution in [3.63, 3.8) is 0 Å². The molecule has 0 saturated heterocycles. The number of aromatic nitrogens is 1. The number of amides is 2. The van der Waals surface area contributed by atoms with Crippen LogP contribution in [0.2, 0.25) is 10.2 Å². The minimum Gasteiger partial charge on any atom is -0.483 e. The van der Waals surface area contributed by atoms with Crippen molar-refractivity contribution in [3.05, 3.63) is 93.7 Å². The largest absolute Gasteiger partial charge is 0.483 e. The Morgan fingerprint density at radius 3 is 2.41 bits per heavy atom. The fraction of sp³-hybridized carbons (Fsp3) is 0.0952. The molecule has 148 valence electrons. The molecule has 0 saturated carbocycles. The molecule has 0 bridgehead atoms. The lowest BCUT2D eigenvalue weighted by Crippen LogP contribution is -2.44. The number of nitrogens with one attached hydrogen (secondary N) is 2. The third-order valence-corrected chi connectivity index (χ3v) is 4.43. The molecule has 2 N–H and O–H groups in total. The Labute approximate surface area is 177 Å². The number of halogens is 2. The summed E-state index contributed by atoms with van der Waals surface area (Å²) in [6, 6.07) is 20.3. The van der Waals surface area contributed by atoms with E-state index in [1.807, 2.05) is 48.5 Å². The molecular weight excluding hydrogens is 413 g/mol. The van der Waals surface area contributed by atoms with Gasteiger partial charge in [0.25, 0.3) is 11.8 Å². The lowest BCUT2D eigenvalue weighted by Gasteiger charge is -2.12. The average Bonchev–Trinajstić information content (AvgIpc) is 2.74. The predicted octanol–water partition coefficient (Wildman–Crippen LogP) is 3.82. The maximum atomic E-state index is 12.1. The van der Waals surface area contributed by atoms with Crippen molar-refractivity contribution >= 4 is 35.0 Å². The molecule has 0 radical (unpaired) electrons. The lowest BCUT2D eigenvalue weighted by atomic mass is 10.0. The van der Waals surface area contributed by atoms with E-state index in [2.05, 4.69) is 15.8 Å². The van der Waals surface area contributed by atoms with E-state index in [9.17, 15) is 9.59 Å². The summed E-state index contributed by atoms with van der Waals surface area (Å²) in [4.78, 5) is 28.0. The summed E-state index contributed by atoms with van der Waals surface area (Å²) >= 11 is 11.7. The molecule has 3 rings (SSSR count). The van der Waals surface area contributed by atoms with Gasteiger partial charge in [-0.25, -0.2) is 4.98 Å². The molecule has 0 atom stereocenters. The molecule has 6 nitrogen and oxygen atoms in total. The van der Waals surface area contributed by atoms with Gasteiger partial charge in [0.15, 0.2) is 6.61 Å². The molecule has 0 aliphatic carbocycles. The lowest BCUT2D eigenvalue weighted by molar-refractivity contribution is -0.123. The second-order valence-electron chi connectivity index (χ2n) is 6.03. The van der Waals surface area contributed by atoms with Crippen LogP contribution in [0, 0.1) is 0 Å². The molecule has 0 aliphatic heterocycles. The van der Waals surface area contributed by atoms with Crippen molar-refractivity contribution in [2.24, 2.45) is 0 Å². The zero-order valence-corrected chi connectivity index (χ0v) is 16.7. The number of pyridine rings is 1. The van der Waals surface area contributed by atoms with E-state index in [1.165, 1.54) is 12.1 Å². The van der Waals surface area contributed by atoms with Crippen LogP contribution in [0.15, 0.2) is 66.7 Å². The Kier molecular flexibility index (Phi) is 7.05. The molecule has 1 aromatic heterocycles. The summed E-state index contributed by atoms with van der Waals surface area (Å²) in [5.74, 6) is -0.626. The van der Waals surface area contributed by atoms with Gasteiger partial charge in [0, 0.05) is 6.42 Å². The zero-order valence-electron chi connectivity index (χ0n) is 15.2. The first-order valence-corrected chi connectivity index (χ1v) is 9.44. The first-order chi connectivity index (χ1) is 14.0. The number of carbonyl (C=O) groups excluding carboxylic acids is 2. The van der Waals surface area contributed by atoms with E-state index < -0.39 is 11.8 Å². The molecule has 2 amide bonds. The van der Waals surface area contributed by atoms with Gasteiger partial charge in [-0.3, -0.25) is 20.4 Å². The van der Waals surface area contributed by atoms with Gasteiger partial charge in [-0.2, -0.15) is 0 Å². The summed E-state index contributed by atoms with van der Waals surface area (Å²) < 4.78 is 5.63. The number of carbonyl (C=O) groups is 2. The van der Waals surface area contributed by atoms with Gasteiger partial charge >= 0.3 is 0 Å². The Hall–Kier alpha value is -3.09. The van der Waals surface area contributed by atoms with E-state index in [0.717, 1.165) is 11.1 Å². The van der Waals surface area contributed by atoms with Gasteiger partial charge in [-0.05, 0) is 29.3 Å². The molecular formula is C21H17Cl2N3O3. The van der Waals surface area contributed by atoms with Crippen LogP contribution >= 0.6 is 23.2 Å². The molecule has 0 fully saturated rings. The van der Waals surface area contributed by atoms with Crippen molar-refractivity contribution in [1.82, 2.24) is 15.8 Å². The highest BCUT2D eigenvalue weighted by Gasteiger charge is 2.14. The van der Waals surface area contributed by atoms with Crippen LogP contribution in [0.1, 0.15) is 21.6 Å². The van der Waals surface area contributed by atoms with Gasteiger partial charge < -0.3 is 4.74 Å². The number of hydrazine groups is 1. The SMILES string of the molecule is O=C(COc1ccccc1Cc1ccccc1)NNC(=O)c1nc(Cl)ccc1Cl. The zero-order chi connectivity index (χ0) is 20.6. The van der Waals surface area contributed by atoms with Gasteiger partial charge in [0.05, 0.1) is 5.02 Å². The summed E-state index contributed by atoms with van der Waals surface area (Å²) in [6.45, 7) is -0.275. The Bertz CT molecular complexity index is 1010. The van der Waals surface area contributed by atoms with Crippen LogP contribution in [-0.2, 0) is 11.2 Å². The molecule has 2 aromatic carbocycles. The Morgan fingerprint density at radius 1 is 0.897 bits per heavy atom. The predicted molar refractivity (Wildman–Crippen MR) is 111 cm³/mol. The van der Waals surface area contributed by atoms with Crippen molar-refractivity contribution in [3.8, 4) is 5.75 Å². The van der Waals surface area contributed by atoms with Gasteiger partial charge in [-0.15, -0.1) is 0 Å². The number of rotatable bonds is 6. The second-order valence-corrected chi connectivity index (χ2v) is 6.82. The summed E-state index contributed by atoms with van der Waals surface area (Å²) in [7, 11) is 0. The maximum Gasteiger partial charge on any atom is 0.289 e. The second kappa shape index (κ2) is 9.91. The quantitative estimate of drug-likeness (QED) is 0.460. The highest BCUT2D eigenvalue weighted by atomic mass is 35.5. The molecule has 29 heavy (non-hydrogen) atoms. The molecule has 0 unspecified atom stereocenters. The third-order valence-electron chi connectivity index (χ3n) is 3.91. The number of hydrogen-bond donors (Lipinski definition) is 2. The van der Waals surface area contributed by atoms with E-state index in [4.69, 9.17) is 27.9 Å². The third kappa shape index (κ3) is 5.94. The van der Waals surface area contributed by atoms with Crippen LogP contribution in [0.4, 0.5) is 0 Å². The Balaban J connectivity index is 1.54. The van der Waals surface area contributed by atoms with Crippen molar-refractivity contribution in [2.45, 2.75) is 6.42 Å². The van der Waals surface area contributed by atoms with Crippen LogP contribution in [0.5, 0.6) is 5.75 Å². The minimum atomic E-state index is -0.685. The maximum absolute atomic E-state index is 12.1. The molecule has 0 aliphatic rings. The Morgan fingerprint density at radius 2 is 1.62 bits per heavy atom.